The van der Waals surface area contributed by atoms with Crippen molar-refractivity contribution in [3.05, 3.63) is 71.1 Å². The van der Waals surface area contributed by atoms with Gasteiger partial charge in [-0.25, -0.2) is 0 Å². The van der Waals surface area contributed by atoms with Gasteiger partial charge in [-0.05, 0) is 36.6 Å². The number of nitrogens with one attached hydrogen (secondary N) is 1. The number of para-hydroxylation sites is 1. The minimum Gasteiger partial charge on any atom is -0.352 e. The molecule has 1 atom stereocenters. The zero-order valence-electron chi connectivity index (χ0n) is 14.9. The summed E-state index contributed by atoms with van der Waals surface area (Å²) in [6, 6.07) is 16.4. The molecule has 2 aromatic heterocycles. The lowest BCUT2D eigenvalue weighted by atomic mass is 10.2. The molecule has 4 rings (SSSR count). The molecule has 4 aromatic rings. The van der Waals surface area contributed by atoms with E-state index in [9.17, 15) is 9.59 Å². The smallest absolute Gasteiger partial charge is 0.278 e. The first-order valence-corrected chi connectivity index (χ1v) is 8.81. The van der Waals surface area contributed by atoms with Gasteiger partial charge in [0.15, 0.2) is 0 Å². The van der Waals surface area contributed by atoms with Crippen LogP contribution in [0, 0.1) is 0 Å². The van der Waals surface area contributed by atoms with Gasteiger partial charge >= 0.3 is 0 Å². The Balaban J connectivity index is 1.45. The van der Waals surface area contributed by atoms with Crippen LogP contribution < -0.4 is 10.9 Å². The number of carbonyl (C=O) groups is 1. The molecule has 2 aromatic carbocycles. The van der Waals surface area contributed by atoms with E-state index in [2.05, 4.69) is 26.3 Å². The van der Waals surface area contributed by atoms with Crippen LogP contribution >= 0.6 is 0 Å². The highest BCUT2D eigenvalue weighted by molar-refractivity contribution is 5.81. The molecule has 0 aliphatic heterocycles. The van der Waals surface area contributed by atoms with Crippen molar-refractivity contribution in [2.75, 3.05) is 6.54 Å². The van der Waals surface area contributed by atoms with Crippen molar-refractivity contribution < 1.29 is 4.79 Å². The molecule has 0 saturated heterocycles. The van der Waals surface area contributed by atoms with Gasteiger partial charge in [0.25, 0.3) is 5.56 Å². The Morgan fingerprint density at radius 2 is 1.89 bits per heavy atom. The summed E-state index contributed by atoms with van der Waals surface area (Å²) in [7, 11) is 0. The van der Waals surface area contributed by atoms with Gasteiger partial charge < -0.3 is 9.88 Å². The SMILES string of the molecule is C[C@@H](C(=O)NCCn1ccc2ccccc21)n1nnc2ccccc2c1=O. The van der Waals surface area contributed by atoms with Crippen molar-refractivity contribution in [2.24, 2.45) is 0 Å². The number of fused-ring (bicyclic) bond motifs is 2. The Hall–Kier alpha value is -3.48. The van der Waals surface area contributed by atoms with E-state index < -0.39 is 6.04 Å². The van der Waals surface area contributed by atoms with Gasteiger partial charge in [-0.2, -0.15) is 4.68 Å². The van der Waals surface area contributed by atoms with E-state index in [1.54, 1.807) is 31.2 Å². The van der Waals surface area contributed by atoms with Crippen molar-refractivity contribution in [3.63, 3.8) is 0 Å². The maximum atomic E-state index is 12.6. The molecule has 7 heteroatoms. The largest absolute Gasteiger partial charge is 0.352 e. The monoisotopic (exact) mass is 361 g/mol. The van der Waals surface area contributed by atoms with E-state index in [0.29, 0.717) is 24.0 Å². The first kappa shape index (κ1) is 17.0. The second-order valence-electron chi connectivity index (χ2n) is 6.39. The summed E-state index contributed by atoms with van der Waals surface area (Å²) in [6.45, 7) is 2.74. The molecule has 0 bridgehead atoms. The van der Waals surface area contributed by atoms with Gasteiger partial charge in [0.1, 0.15) is 11.6 Å². The Labute approximate surface area is 155 Å². The number of aromatic nitrogens is 4. The van der Waals surface area contributed by atoms with E-state index in [1.165, 1.54) is 0 Å². The Bertz CT molecular complexity index is 1180. The van der Waals surface area contributed by atoms with Crippen LogP contribution in [0.25, 0.3) is 21.8 Å². The molecule has 136 valence electrons. The summed E-state index contributed by atoms with van der Waals surface area (Å²) in [5.74, 6) is -0.266. The molecule has 0 aliphatic rings. The Morgan fingerprint density at radius 1 is 1.11 bits per heavy atom. The molecule has 1 amide bonds. The predicted octanol–water partition coefficient (Wildman–Crippen LogP) is 2.12. The topological polar surface area (TPSA) is 81.8 Å². The lowest BCUT2D eigenvalue weighted by molar-refractivity contribution is -0.124. The van der Waals surface area contributed by atoms with Crippen LogP contribution in [0.3, 0.4) is 0 Å². The van der Waals surface area contributed by atoms with Crippen LogP contribution in [0.4, 0.5) is 0 Å². The number of carbonyl (C=O) groups excluding carboxylic acids is 1. The second-order valence-corrected chi connectivity index (χ2v) is 6.39. The summed E-state index contributed by atoms with van der Waals surface area (Å²) >= 11 is 0. The minimum absolute atomic E-state index is 0.266. The highest BCUT2D eigenvalue weighted by Crippen LogP contribution is 2.14. The van der Waals surface area contributed by atoms with Gasteiger partial charge in [0, 0.05) is 24.8 Å². The van der Waals surface area contributed by atoms with E-state index >= 15 is 0 Å². The van der Waals surface area contributed by atoms with Crippen LogP contribution in [0.2, 0.25) is 0 Å². The van der Waals surface area contributed by atoms with E-state index in [0.717, 1.165) is 15.6 Å². The first-order valence-electron chi connectivity index (χ1n) is 8.81. The van der Waals surface area contributed by atoms with Crippen LogP contribution in [-0.4, -0.2) is 32.0 Å². The van der Waals surface area contributed by atoms with Crippen molar-refractivity contribution in [1.82, 2.24) is 24.9 Å². The number of rotatable bonds is 5. The standard InChI is InChI=1S/C20H19N5O2/c1-14(25-20(27)16-7-3-4-8-17(16)22-23-25)19(26)21-11-13-24-12-10-15-6-2-5-9-18(15)24/h2-10,12,14H,11,13H2,1H3,(H,21,26)/t14-/m0/s1. The Morgan fingerprint density at radius 3 is 2.78 bits per heavy atom. The summed E-state index contributed by atoms with van der Waals surface area (Å²) in [5, 5.41) is 12.4. The average molecular weight is 361 g/mol. The highest BCUT2D eigenvalue weighted by Gasteiger charge is 2.18. The minimum atomic E-state index is -0.740. The quantitative estimate of drug-likeness (QED) is 0.590. The average Bonchev–Trinajstić information content (AvgIpc) is 3.11. The molecule has 0 saturated carbocycles. The fourth-order valence-corrected chi connectivity index (χ4v) is 3.15. The molecular formula is C20H19N5O2. The Kier molecular flexibility index (Phi) is 4.42. The maximum absolute atomic E-state index is 12.6. The highest BCUT2D eigenvalue weighted by atomic mass is 16.2. The zero-order valence-corrected chi connectivity index (χ0v) is 14.9. The molecule has 0 fully saturated rings. The lowest BCUT2D eigenvalue weighted by Gasteiger charge is -2.14. The predicted molar refractivity (Wildman–Crippen MR) is 103 cm³/mol. The van der Waals surface area contributed by atoms with Gasteiger partial charge in [-0.3, -0.25) is 9.59 Å². The third-order valence-electron chi connectivity index (χ3n) is 4.67. The zero-order chi connectivity index (χ0) is 18.8. The molecule has 0 spiro atoms. The molecule has 0 unspecified atom stereocenters. The van der Waals surface area contributed by atoms with Gasteiger partial charge in [-0.1, -0.05) is 35.5 Å². The van der Waals surface area contributed by atoms with E-state index in [4.69, 9.17) is 0 Å². The van der Waals surface area contributed by atoms with E-state index in [1.807, 2.05) is 30.5 Å². The number of nitrogens with zero attached hydrogens (tertiary/aromatic N) is 4. The molecule has 27 heavy (non-hydrogen) atoms. The second kappa shape index (κ2) is 7.03. The number of benzene rings is 2. The van der Waals surface area contributed by atoms with Crippen LogP contribution in [-0.2, 0) is 11.3 Å². The van der Waals surface area contributed by atoms with Gasteiger partial charge in [0.05, 0.1) is 5.39 Å². The van der Waals surface area contributed by atoms with E-state index in [-0.39, 0.29) is 11.5 Å². The molecule has 7 nitrogen and oxygen atoms in total. The lowest BCUT2D eigenvalue weighted by Crippen LogP contribution is -2.38. The van der Waals surface area contributed by atoms with Gasteiger partial charge in [0.2, 0.25) is 5.91 Å². The summed E-state index contributed by atoms with van der Waals surface area (Å²) < 4.78 is 3.21. The number of hydrogen-bond acceptors (Lipinski definition) is 4. The molecule has 1 N–H and O–H groups in total. The first-order chi connectivity index (χ1) is 13.1. The van der Waals surface area contributed by atoms with Crippen LogP contribution in [0.5, 0.6) is 0 Å². The number of amides is 1. The molecule has 0 aliphatic carbocycles. The maximum Gasteiger partial charge on any atom is 0.278 e. The summed E-state index contributed by atoms with van der Waals surface area (Å²) in [6.07, 6.45) is 2.00. The third kappa shape index (κ3) is 3.19. The molecular weight excluding hydrogens is 342 g/mol. The van der Waals surface area contributed by atoms with Crippen molar-refractivity contribution >= 4 is 27.7 Å². The number of hydrogen-bond donors (Lipinski definition) is 1. The van der Waals surface area contributed by atoms with Crippen LogP contribution in [0.1, 0.15) is 13.0 Å². The third-order valence-corrected chi connectivity index (χ3v) is 4.67. The molecule has 0 radical (unpaired) electrons. The molecule has 2 heterocycles. The van der Waals surface area contributed by atoms with Crippen molar-refractivity contribution in [1.29, 1.82) is 0 Å². The normalized spacial score (nSPS) is 12.3. The fourth-order valence-electron chi connectivity index (χ4n) is 3.15. The van der Waals surface area contributed by atoms with Crippen molar-refractivity contribution in [2.45, 2.75) is 19.5 Å². The fraction of sp³-hybridized carbons (Fsp3) is 0.200. The van der Waals surface area contributed by atoms with Crippen molar-refractivity contribution in [3.8, 4) is 0 Å². The van der Waals surface area contributed by atoms with Gasteiger partial charge in [-0.15, -0.1) is 5.10 Å². The summed E-state index contributed by atoms with van der Waals surface area (Å²) in [5.41, 5.74) is 1.32. The summed E-state index contributed by atoms with van der Waals surface area (Å²) in [4.78, 5) is 25.0. The van der Waals surface area contributed by atoms with Crippen LogP contribution in [0.15, 0.2) is 65.6 Å².